The molecule has 40 heavy (non-hydrogen) atoms. The average Bonchev–Trinajstić information content (AvgIpc) is 3.49. The van der Waals surface area contributed by atoms with E-state index in [9.17, 15) is 0 Å². The SMILES string of the molecule is CCc1ccc2c(c1-c1cc(C(C)C)cc(C(C)C)c1)C=C(C)[CH]2[Zr]([Cl])([Cl])[c]1cccc2c1[SiH2]c1ccccc1-2. The molecule has 0 radical (unpaired) electrons. The Labute approximate surface area is 254 Å². The van der Waals surface area contributed by atoms with Crippen molar-refractivity contribution in [2.75, 3.05) is 0 Å². The second kappa shape index (κ2) is 10.9. The summed E-state index contributed by atoms with van der Waals surface area (Å²) in [5.74, 6) is 0.958. The molecular formula is C36H38Cl2SiZr. The van der Waals surface area contributed by atoms with E-state index < -0.39 is 27.4 Å². The van der Waals surface area contributed by atoms with Crippen LogP contribution in [0, 0.1) is 0 Å². The van der Waals surface area contributed by atoms with Gasteiger partial charge in [-0.15, -0.1) is 0 Å². The molecule has 0 aromatic heterocycles. The molecule has 1 aliphatic carbocycles. The first kappa shape index (κ1) is 28.4. The van der Waals surface area contributed by atoms with E-state index in [0.29, 0.717) is 11.8 Å². The molecule has 204 valence electrons. The fourth-order valence-electron chi connectivity index (χ4n) is 6.87. The van der Waals surface area contributed by atoms with Crippen LogP contribution in [0.1, 0.15) is 84.8 Å². The Morgan fingerprint density at radius 2 is 1.50 bits per heavy atom. The summed E-state index contributed by atoms with van der Waals surface area (Å²) < 4.78 is 1.41. The first-order valence-corrected chi connectivity index (χ1v) is 25.1. The second-order valence-electron chi connectivity index (χ2n) is 12.3. The topological polar surface area (TPSA) is 0 Å². The van der Waals surface area contributed by atoms with E-state index in [1.165, 1.54) is 69.3 Å². The Balaban J connectivity index is 1.51. The molecule has 4 heteroatoms. The van der Waals surface area contributed by atoms with Crippen molar-refractivity contribution in [2.24, 2.45) is 0 Å². The van der Waals surface area contributed by atoms with Crippen LogP contribution in [0.5, 0.6) is 0 Å². The van der Waals surface area contributed by atoms with Gasteiger partial charge in [0.15, 0.2) is 0 Å². The summed E-state index contributed by atoms with van der Waals surface area (Å²) in [6, 6.07) is 27.6. The van der Waals surface area contributed by atoms with E-state index in [4.69, 9.17) is 17.0 Å². The maximum atomic E-state index is 7.78. The van der Waals surface area contributed by atoms with Crippen LogP contribution in [0.15, 0.2) is 78.4 Å². The van der Waals surface area contributed by atoms with Crippen molar-refractivity contribution in [3.8, 4) is 22.3 Å². The molecule has 0 saturated carbocycles. The summed E-state index contributed by atoms with van der Waals surface area (Å²) in [6.07, 6.45) is 3.41. The number of fused-ring (bicyclic) bond motifs is 4. The maximum absolute atomic E-state index is 7.78. The van der Waals surface area contributed by atoms with Crippen LogP contribution in [0.2, 0.25) is 0 Å². The van der Waals surface area contributed by atoms with E-state index in [1.807, 2.05) is 0 Å². The van der Waals surface area contributed by atoms with Crippen LogP contribution in [0.3, 0.4) is 0 Å². The van der Waals surface area contributed by atoms with Gasteiger partial charge in [0.25, 0.3) is 0 Å². The molecular weight excluding hydrogens is 623 g/mol. The normalized spacial score (nSPS) is 16.4. The predicted octanol–water partition coefficient (Wildman–Crippen LogP) is 8.51. The third kappa shape index (κ3) is 4.68. The molecule has 4 aromatic carbocycles. The molecule has 2 aliphatic rings. The third-order valence-corrected chi connectivity index (χ3v) is 23.6. The summed E-state index contributed by atoms with van der Waals surface area (Å²) in [6.45, 7) is 13.7. The van der Waals surface area contributed by atoms with Gasteiger partial charge in [0.05, 0.1) is 0 Å². The van der Waals surface area contributed by atoms with E-state index in [1.54, 1.807) is 0 Å². The minimum atomic E-state index is -3.93. The van der Waals surface area contributed by atoms with Gasteiger partial charge in [0.2, 0.25) is 0 Å². The zero-order chi connectivity index (χ0) is 28.3. The zero-order valence-corrected chi connectivity index (χ0v) is 29.8. The fraction of sp³-hybridized carbons (Fsp3) is 0.278. The van der Waals surface area contributed by atoms with E-state index in [0.717, 1.165) is 6.42 Å². The van der Waals surface area contributed by atoms with Crippen LogP contribution >= 0.6 is 17.0 Å². The summed E-state index contributed by atoms with van der Waals surface area (Å²) in [7, 11) is 15.0. The van der Waals surface area contributed by atoms with Gasteiger partial charge < -0.3 is 0 Å². The Bertz CT molecular complexity index is 1640. The number of halogens is 2. The Morgan fingerprint density at radius 1 is 0.825 bits per heavy atom. The zero-order valence-electron chi connectivity index (χ0n) is 24.4. The summed E-state index contributed by atoms with van der Waals surface area (Å²) in [5.41, 5.74) is 13.7. The van der Waals surface area contributed by atoms with Gasteiger partial charge in [-0.3, -0.25) is 0 Å². The van der Waals surface area contributed by atoms with Gasteiger partial charge in [-0.2, -0.15) is 0 Å². The quantitative estimate of drug-likeness (QED) is 0.160. The molecule has 0 spiro atoms. The molecule has 0 N–H and O–H groups in total. The number of rotatable bonds is 6. The van der Waals surface area contributed by atoms with Gasteiger partial charge >= 0.3 is 256 Å². The van der Waals surface area contributed by atoms with Crippen molar-refractivity contribution < 1.29 is 17.9 Å². The molecule has 0 fully saturated rings. The molecule has 0 bridgehead atoms. The number of hydrogen-bond donors (Lipinski definition) is 0. The molecule has 1 atom stereocenters. The van der Waals surface area contributed by atoms with Gasteiger partial charge in [-0.25, -0.2) is 0 Å². The van der Waals surface area contributed by atoms with E-state index >= 15 is 0 Å². The van der Waals surface area contributed by atoms with Crippen molar-refractivity contribution >= 4 is 46.3 Å². The predicted molar refractivity (Wildman–Crippen MR) is 177 cm³/mol. The minimum absolute atomic E-state index is 0.111. The van der Waals surface area contributed by atoms with E-state index in [2.05, 4.69) is 120 Å². The molecule has 4 aromatic rings. The number of hydrogen-bond acceptors (Lipinski definition) is 0. The van der Waals surface area contributed by atoms with Crippen LogP contribution in [-0.4, -0.2) is 9.52 Å². The Morgan fingerprint density at radius 3 is 2.17 bits per heavy atom. The van der Waals surface area contributed by atoms with Gasteiger partial charge in [-0.05, 0) is 0 Å². The fourth-order valence-corrected chi connectivity index (χ4v) is 24.0. The summed E-state index contributed by atoms with van der Waals surface area (Å²) in [5, 5.41) is 3.00. The van der Waals surface area contributed by atoms with Crippen molar-refractivity contribution in [3.63, 3.8) is 0 Å². The first-order chi connectivity index (χ1) is 19.1. The number of allylic oxidation sites excluding steroid dienone is 1. The van der Waals surface area contributed by atoms with Crippen molar-refractivity contribution in [2.45, 2.75) is 63.4 Å². The molecule has 1 aliphatic heterocycles. The molecule has 1 unspecified atom stereocenters. The van der Waals surface area contributed by atoms with Crippen molar-refractivity contribution in [1.29, 1.82) is 0 Å². The monoisotopic (exact) mass is 658 g/mol. The van der Waals surface area contributed by atoms with Gasteiger partial charge in [-0.1, -0.05) is 0 Å². The first-order valence-electron chi connectivity index (χ1n) is 14.7. The average molecular weight is 661 g/mol. The molecule has 0 amide bonds. The van der Waals surface area contributed by atoms with E-state index in [-0.39, 0.29) is 3.63 Å². The van der Waals surface area contributed by atoms with Crippen molar-refractivity contribution in [3.05, 3.63) is 106 Å². The molecule has 0 saturated heterocycles. The molecule has 6 rings (SSSR count). The number of aryl methyl sites for hydroxylation is 1. The molecule has 0 nitrogen and oxygen atoms in total. The van der Waals surface area contributed by atoms with Crippen LogP contribution in [-0.2, 0) is 24.3 Å². The number of benzene rings is 4. The summed E-state index contributed by atoms with van der Waals surface area (Å²) >= 11 is -3.93. The van der Waals surface area contributed by atoms with Crippen LogP contribution < -0.4 is 13.6 Å². The Hall–Kier alpha value is -1.70. The second-order valence-corrected chi connectivity index (χ2v) is 28.1. The summed E-state index contributed by atoms with van der Waals surface area (Å²) in [4.78, 5) is 0. The Kier molecular flexibility index (Phi) is 7.71. The van der Waals surface area contributed by atoms with Crippen LogP contribution in [0.4, 0.5) is 0 Å². The van der Waals surface area contributed by atoms with Gasteiger partial charge in [0.1, 0.15) is 0 Å². The third-order valence-electron chi connectivity index (χ3n) is 9.06. The molecule has 1 heterocycles. The van der Waals surface area contributed by atoms with Crippen molar-refractivity contribution in [1.82, 2.24) is 0 Å². The standard InChI is InChI=1S/C24H29.C12H9Si.2ClH.Zr/c1-7-18-8-9-19-10-17(6)11-23(19)24(18)22-13-20(15(2)3)12-21(14-22)16(4)5;1-3-7-11-9(5-1)10-6-2-4-8-12(10)13-11;;;/h8-16H,7H2,1-6H3;1-7H,13H2;2*1H;/q;;;;+2/p-2. The van der Waals surface area contributed by atoms with Gasteiger partial charge in [0, 0.05) is 0 Å². The van der Waals surface area contributed by atoms with Crippen LogP contribution in [0.25, 0.3) is 28.3 Å².